The highest BCUT2D eigenvalue weighted by Crippen LogP contribution is 2.34. The Kier molecular flexibility index (Phi) is 3.36. The summed E-state index contributed by atoms with van der Waals surface area (Å²) in [6.45, 7) is 4.60. The van der Waals surface area contributed by atoms with E-state index < -0.39 is 0 Å². The van der Waals surface area contributed by atoms with Crippen molar-refractivity contribution in [1.29, 1.82) is 0 Å². The highest BCUT2D eigenvalue weighted by molar-refractivity contribution is 9.11. The van der Waals surface area contributed by atoms with Gasteiger partial charge in [-0.05, 0) is 0 Å². The fourth-order valence-corrected chi connectivity index (χ4v) is 3.29. The van der Waals surface area contributed by atoms with Gasteiger partial charge in [0.2, 0.25) is 0 Å². The van der Waals surface area contributed by atoms with Crippen molar-refractivity contribution in [1.82, 2.24) is 9.91 Å². The summed E-state index contributed by atoms with van der Waals surface area (Å²) in [5, 5.41) is 6.32. The normalized spacial score (nSPS) is 28.6. The summed E-state index contributed by atoms with van der Waals surface area (Å²) in [5.41, 5.74) is 6.83. The molecule has 3 rings (SSSR count). The van der Waals surface area contributed by atoms with Crippen LogP contribution in [0, 0.1) is 0 Å². The van der Waals surface area contributed by atoms with E-state index in [-0.39, 0.29) is 0 Å². The largest absolute Gasteiger partial charge is 0.382 e. The number of amidine groups is 1. The van der Waals surface area contributed by atoms with Crippen LogP contribution in [0.25, 0.3) is 0 Å². The van der Waals surface area contributed by atoms with Crippen molar-refractivity contribution in [3.05, 3.63) is 10.2 Å². The minimum Gasteiger partial charge on any atom is -0.382 e. The van der Waals surface area contributed by atoms with Crippen molar-refractivity contribution >= 4 is 28.1 Å². The Morgan fingerprint density at radius 1 is 1.44 bits per heavy atom. The molecule has 2 N–H and O–H groups in total. The van der Waals surface area contributed by atoms with E-state index >= 15 is 0 Å². The third-order valence-corrected chi connectivity index (χ3v) is 4.13. The van der Waals surface area contributed by atoms with Gasteiger partial charge in [0.05, 0.1) is 19.3 Å². The molecule has 0 saturated carbocycles. The van der Waals surface area contributed by atoms with E-state index in [9.17, 15) is 0 Å². The molecule has 7 heteroatoms. The second-order valence-corrected chi connectivity index (χ2v) is 5.57. The minimum absolute atomic E-state index is 0.331. The molecule has 3 aliphatic heterocycles. The van der Waals surface area contributed by atoms with Crippen LogP contribution in [0.4, 0.5) is 0 Å². The van der Waals surface area contributed by atoms with Crippen LogP contribution in [0.15, 0.2) is 20.3 Å². The fraction of sp³-hybridized carbons (Fsp3) is 0.636. The van der Waals surface area contributed by atoms with Gasteiger partial charge in [-0.25, -0.2) is 4.99 Å². The maximum Gasteiger partial charge on any atom is 0.151 e. The second-order valence-electron chi connectivity index (χ2n) is 4.61. The average Bonchev–Trinajstić information content (AvgIpc) is 2.69. The Bertz CT molecular complexity index is 427. The molecular formula is C11H16BrN5O. The first-order valence-electron chi connectivity index (χ1n) is 6.10. The van der Waals surface area contributed by atoms with Gasteiger partial charge < -0.3 is 10.5 Å². The third kappa shape index (κ3) is 2.17. The average molecular weight is 314 g/mol. The number of ether oxygens (including phenoxy) is 1. The molecule has 3 aliphatic rings. The highest BCUT2D eigenvalue weighted by Gasteiger charge is 2.35. The molecule has 1 atom stereocenters. The number of halogens is 1. The van der Waals surface area contributed by atoms with Gasteiger partial charge in [-0.15, -0.1) is 0 Å². The van der Waals surface area contributed by atoms with Crippen LogP contribution in [-0.2, 0) is 4.74 Å². The highest BCUT2D eigenvalue weighted by atomic mass is 79.9. The predicted octanol–water partition coefficient (Wildman–Crippen LogP) is 0.314. The molecule has 6 nitrogen and oxygen atoms in total. The molecule has 0 bridgehead atoms. The van der Waals surface area contributed by atoms with Gasteiger partial charge in [0.1, 0.15) is 12.0 Å². The Morgan fingerprint density at radius 3 is 3.00 bits per heavy atom. The number of nitrogens with zero attached hydrogens (tertiary/aromatic N) is 4. The lowest BCUT2D eigenvalue weighted by atomic mass is 10.2. The summed E-state index contributed by atoms with van der Waals surface area (Å²) in [5.74, 6) is 0.543. The maximum atomic E-state index is 5.90. The van der Waals surface area contributed by atoms with Crippen molar-refractivity contribution in [2.75, 3.05) is 32.8 Å². The number of nitrogens with two attached hydrogens (primary N) is 1. The zero-order valence-electron chi connectivity index (χ0n) is 10.0. The molecule has 1 fully saturated rings. The monoisotopic (exact) mass is 313 g/mol. The van der Waals surface area contributed by atoms with Crippen LogP contribution in [0.5, 0.6) is 0 Å². The maximum absolute atomic E-state index is 5.90. The van der Waals surface area contributed by atoms with Crippen molar-refractivity contribution in [3.8, 4) is 0 Å². The molecule has 0 aromatic heterocycles. The van der Waals surface area contributed by atoms with Crippen LogP contribution in [-0.4, -0.2) is 61.0 Å². The summed E-state index contributed by atoms with van der Waals surface area (Å²) < 4.78 is 6.46. The Balaban J connectivity index is 1.70. The van der Waals surface area contributed by atoms with Crippen molar-refractivity contribution in [2.24, 2.45) is 15.8 Å². The van der Waals surface area contributed by atoms with Crippen LogP contribution in [0.1, 0.15) is 6.42 Å². The number of rotatable bonds is 2. The van der Waals surface area contributed by atoms with Gasteiger partial charge in [-0.3, -0.25) is 9.91 Å². The molecule has 0 spiro atoms. The summed E-state index contributed by atoms with van der Waals surface area (Å²) in [4.78, 5) is 6.46. The first-order chi connectivity index (χ1) is 8.75. The van der Waals surface area contributed by atoms with Gasteiger partial charge >= 0.3 is 0 Å². The van der Waals surface area contributed by atoms with Gasteiger partial charge in [-0.1, -0.05) is 15.9 Å². The molecular weight excluding hydrogens is 298 g/mol. The first-order valence-corrected chi connectivity index (χ1v) is 6.89. The lowest BCUT2D eigenvalue weighted by molar-refractivity contribution is 0.0280. The van der Waals surface area contributed by atoms with Crippen LogP contribution in [0.2, 0.25) is 0 Å². The Morgan fingerprint density at radius 2 is 2.22 bits per heavy atom. The predicted molar refractivity (Wildman–Crippen MR) is 73.6 cm³/mol. The van der Waals surface area contributed by atoms with Gasteiger partial charge in [0, 0.05) is 30.5 Å². The molecule has 0 aromatic carbocycles. The lowest BCUT2D eigenvalue weighted by Crippen LogP contribution is -2.45. The molecule has 98 valence electrons. The van der Waals surface area contributed by atoms with Crippen LogP contribution in [0.3, 0.4) is 0 Å². The van der Waals surface area contributed by atoms with Crippen LogP contribution < -0.4 is 5.73 Å². The summed E-state index contributed by atoms with van der Waals surface area (Å²) in [7, 11) is 0. The molecule has 0 radical (unpaired) electrons. The molecule has 18 heavy (non-hydrogen) atoms. The summed E-state index contributed by atoms with van der Waals surface area (Å²) in [6.07, 6.45) is 2.46. The molecule has 3 heterocycles. The summed E-state index contributed by atoms with van der Waals surface area (Å²) in [6, 6.07) is 0.331. The second kappa shape index (κ2) is 4.99. The Hall–Kier alpha value is -0.920. The standard InChI is InChI=1S/C11H16BrN5O/c12-9-5-8(6-16-1-3-18-4-2-16)17-10(9)11(13)14-7-15-17/h7-8H,1-6H2,(H2,13,14,15). The minimum atomic E-state index is 0.331. The number of hydrazone groups is 1. The number of hydrogen-bond donors (Lipinski definition) is 1. The van der Waals surface area contributed by atoms with Crippen LogP contribution >= 0.6 is 15.9 Å². The number of fused-ring (bicyclic) bond motifs is 1. The summed E-state index contributed by atoms with van der Waals surface area (Å²) >= 11 is 3.59. The van der Waals surface area contributed by atoms with E-state index in [1.165, 1.54) is 6.34 Å². The van der Waals surface area contributed by atoms with E-state index in [2.05, 4.69) is 30.9 Å². The molecule has 1 unspecified atom stereocenters. The zero-order chi connectivity index (χ0) is 12.5. The van der Waals surface area contributed by atoms with E-state index in [0.717, 1.165) is 49.4 Å². The molecule has 0 amide bonds. The Labute approximate surface area is 114 Å². The van der Waals surface area contributed by atoms with E-state index in [1.807, 2.05) is 5.01 Å². The lowest BCUT2D eigenvalue weighted by Gasteiger charge is -2.32. The van der Waals surface area contributed by atoms with E-state index in [0.29, 0.717) is 11.9 Å². The van der Waals surface area contributed by atoms with E-state index in [4.69, 9.17) is 10.5 Å². The van der Waals surface area contributed by atoms with Crippen molar-refractivity contribution < 1.29 is 4.74 Å². The fourth-order valence-electron chi connectivity index (χ4n) is 2.53. The number of hydrogen-bond acceptors (Lipinski definition) is 6. The van der Waals surface area contributed by atoms with Gasteiger partial charge in [-0.2, -0.15) is 5.10 Å². The quantitative estimate of drug-likeness (QED) is 0.797. The molecule has 1 saturated heterocycles. The zero-order valence-corrected chi connectivity index (χ0v) is 11.6. The topological polar surface area (TPSA) is 66.5 Å². The number of morpholine rings is 1. The first kappa shape index (κ1) is 12.1. The SMILES string of the molecule is NC1=NC=NN2C1=C(Br)CC2CN1CCOCC1. The van der Waals surface area contributed by atoms with Crippen molar-refractivity contribution in [3.63, 3.8) is 0 Å². The number of aliphatic imine (C=N–C) groups is 1. The smallest absolute Gasteiger partial charge is 0.151 e. The van der Waals surface area contributed by atoms with E-state index in [1.54, 1.807) is 0 Å². The molecule has 0 aromatic rings. The third-order valence-electron chi connectivity index (χ3n) is 3.43. The van der Waals surface area contributed by atoms with Gasteiger partial charge in [0.15, 0.2) is 5.84 Å². The molecule has 0 aliphatic carbocycles. The van der Waals surface area contributed by atoms with Crippen molar-refractivity contribution in [2.45, 2.75) is 12.5 Å². The van der Waals surface area contributed by atoms with Gasteiger partial charge in [0.25, 0.3) is 0 Å².